The first-order chi connectivity index (χ1) is 11.2. The lowest BCUT2D eigenvalue weighted by molar-refractivity contribution is -0.117. The van der Waals surface area contributed by atoms with Crippen LogP contribution < -0.4 is 10.1 Å². The van der Waals surface area contributed by atoms with Gasteiger partial charge in [-0.2, -0.15) is 5.26 Å². The molecule has 0 unspecified atom stereocenters. The molecule has 2 aromatic rings. The zero-order chi connectivity index (χ0) is 16.5. The van der Waals surface area contributed by atoms with Gasteiger partial charge in [0.1, 0.15) is 17.4 Å². The van der Waals surface area contributed by atoms with E-state index in [1.54, 1.807) is 6.08 Å². The molecule has 0 aromatic heterocycles. The summed E-state index contributed by atoms with van der Waals surface area (Å²) in [7, 11) is 0. The van der Waals surface area contributed by atoms with Gasteiger partial charge < -0.3 is 10.1 Å². The zero-order valence-corrected chi connectivity index (χ0v) is 13.0. The molecule has 0 heterocycles. The van der Waals surface area contributed by atoms with Crippen LogP contribution in [-0.4, -0.2) is 12.5 Å². The van der Waals surface area contributed by atoms with Gasteiger partial charge in [-0.05, 0) is 36.3 Å². The van der Waals surface area contributed by atoms with E-state index in [0.717, 1.165) is 16.9 Å². The second kappa shape index (κ2) is 8.40. The van der Waals surface area contributed by atoms with Gasteiger partial charge in [0.05, 0.1) is 6.61 Å². The van der Waals surface area contributed by atoms with Crippen molar-refractivity contribution in [3.63, 3.8) is 0 Å². The summed E-state index contributed by atoms with van der Waals surface area (Å²) in [5.74, 6) is 0.377. The van der Waals surface area contributed by atoms with E-state index in [1.165, 1.54) is 0 Å². The summed E-state index contributed by atoms with van der Waals surface area (Å²) in [5.41, 5.74) is 1.84. The third-order valence-electron chi connectivity index (χ3n) is 3.16. The molecule has 23 heavy (non-hydrogen) atoms. The van der Waals surface area contributed by atoms with Crippen molar-refractivity contribution in [1.29, 1.82) is 5.26 Å². The number of hydrogen-bond acceptors (Lipinski definition) is 3. The predicted octanol–water partition coefficient (Wildman–Crippen LogP) is 3.31. The Balaban J connectivity index is 2.03. The summed E-state index contributed by atoms with van der Waals surface area (Å²) in [5, 5.41) is 11.9. The van der Waals surface area contributed by atoms with E-state index in [4.69, 9.17) is 4.74 Å². The quantitative estimate of drug-likeness (QED) is 0.658. The summed E-state index contributed by atoms with van der Waals surface area (Å²) in [6, 6.07) is 18.8. The standard InChI is InChI=1S/C19H18N2O2/c1-2-23-18-10-8-15(9-11-18)12-17(13-20)19(22)21-14-16-6-4-3-5-7-16/h3-12H,2,14H2,1H3,(H,21,22). The number of rotatable bonds is 6. The molecule has 116 valence electrons. The molecule has 0 radical (unpaired) electrons. The first-order valence-electron chi connectivity index (χ1n) is 7.39. The first-order valence-corrected chi connectivity index (χ1v) is 7.39. The number of ether oxygens (including phenoxy) is 1. The van der Waals surface area contributed by atoms with E-state index in [-0.39, 0.29) is 11.5 Å². The lowest BCUT2D eigenvalue weighted by Crippen LogP contribution is -2.23. The van der Waals surface area contributed by atoms with Crippen molar-refractivity contribution < 1.29 is 9.53 Å². The number of hydrogen-bond donors (Lipinski definition) is 1. The Morgan fingerprint density at radius 3 is 2.48 bits per heavy atom. The van der Waals surface area contributed by atoms with Gasteiger partial charge in [-0.25, -0.2) is 0 Å². The molecule has 0 bridgehead atoms. The molecule has 0 aliphatic carbocycles. The Morgan fingerprint density at radius 1 is 1.17 bits per heavy atom. The van der Waals surface area contributed by atoms with Crippen molar-refractivity contribution in [3.8, 4) is 11.8 Å². The first kappa shape index (κ1) is 16.3. The van der Waals surface area contributed by atoms with Crippen LogP contribution in [0.4, 0.5) is 0 Å². The highest BCUT2D eigenvalue weighted by Crippen LogP contribution is 2.14. The number of nitrogens with one attached hydrogen (secondary N) is 1. The number of carbonyl (C=O) groups excluding carboxylic acids is 1. The molecule has 1 N–H and O–H groups in total. The Morgan fingerprint density at radius 2 is 1.87 bits per heavy atom. The minimum atomic E-state index is -0.384. The van der Waals surface area contributed by atoms with Crippen LogP contribution in [0.25, 0.3) is 6.08 Å². The second-order valence-electron chi connectivity index (χ2n) is 4.84. The molecule has 0 saturated heterocycles. The Labute approximate surface area is 136 Å². The Bertz CT molecular complexity index is 713. The average molecular weight is 306 g/mol. The number of amides is 1. The van der Waals surface area contributed by atoms with Crippen LogP contribution >= 0.6 is 0 Å². The molecule has 4 heteroatoms. The molecule has 0 saturated carbocycles. The maximum Gasteiger partial charge on any atom is 0.262 e. The smallest absolute Gasteiger partial charge is 0.262 e. The van der Waals surface area contributed by atoms with Crippen molar-refractivity contribution in [1.82, 2.24) is 5.32 Å². The van der Waals surface area contributed by atoms with Crippen LogP contribution in [0.15, 0.2) is 60.2 Å². The fraction of sp³-hybridized carbons (Fsp3) is 0.158. The van der Waals surface area contributed by atoms with Gasteiger partial charge >= 0.3 is 0 Å². The molecule has 0 fully saturated rings. The summed E-state index contributed by atoms with van der Waals surface area (Å²) in [6.45, 7) is 2.90. The molecule has 0 spiro atoms. The Kier molecular flexibility index (Phi) is 5.96. The maximum absolute atomic E-state index is 12.1. The minimum absolute atomic E-state index is 0.0742. The number of benzene rings is 2. The van der Waals surface area contributed by atoms with Crippen molar-refractivity contribution in [2.45, 2.75) is 13.5 Å². The predicted molar refractivity (Wildman–Crippen MR) is 89.5 cm³/mol. The van der Waals surface area contributed by atoms with Crippen LogP contribution in [0.1, 0.15) is 18.1 Å². The Hall–Kier alpha value is -3.06. The summed E-state index contributed by atoms with van der Waals surface area (Å²) in [6.07, 6.45) is 1.57. The van der Waals surface area contributed by atoms with E-state index < -0.39 is 0 Å². The van der Waals surface area contributed by atoms with E-state index in [0.29, 0.717) is 13.2 Å². The van der Waals surface area contributed by atoms with Crippen molar-refractivity contribution in [2.75, 3.05) is 6.61 Å². The normalized spacial score (nSPS) is 10.7. The van der Waals surface area contributed by atoms with Crippen molar-refractivity contribution >= 4 is 12.0 Å². The van der Waals surface area contributed by atoms with E-state index >= 15 is 0 Å². The zero-order valence-electron chi connectivity index (χ0n) is 13.0. The largest absolute Gasteiger partial charge is 0.494 e. The highest BCUT2D eigenvalue weighted by Gasteiger charge is 2.08. The monoisotopic (exact) mass is 306 g/mol. The number of nitrogens with zero attached hydrogens (tertiary/aromatic N) is 1. The maximum atomic E-state index is 12.1. The van der Waals surface area contributed by atoms with E-state index in [1.807, 2.05) is 67.6 Å². The van der Waals surface area contributed by atoms with Crippen LogP contribution in [-0.2, 0) is 11.3 Å². The summed E-state index contributed by atoms with van der Waals surface area (Å²) >= 11 is 0. The fourth-order valence-corrected chi connectivity index (χ4v) is 2.02. The van der Waals surface area contributed by atoms with Crippen LogP contribution in [0.2, 0.25) is 0 Å². The number of nitriles is 1. The van der Waals surface area contributed by atoms with Gasteiger partial charge in [0, 0.05) is 6.54 Å². The molecule has 0 atom stereocenters. The summed E-state index contributed by atoms with van der Waals surface area (Å²) in [4.78, 5) is 12.1. The van der Waals surface area contributed by atoms with E-state index in [2.05, 4.69) is 5.32 Å². The molecule has 1 amide bonds. The molecular formula is C19H18N2O2. The van der Waals surface area contributed by atoms with E-state index in [9.17, 15) is 10.1 Å². The molecule has 0 aliphatic rings. The lowest BCUT2D eigenvalue weighted by atomic mass is 10.1. The van der Waals surface area contributed by atoms with Crippen LogP contribution in [0.5, 0.6) is 5.75 Å². The minimum Gasteiger partial charge on any atom is -0.494 e. The molecule has 2 rings (SSSR count). The third kappa shape index (κ3) is 5.01. The average Bonchev–Trinajstić information content (AvgIpc) is 2.60. The lowest BCUT2D eigenvalue weighted by Gasteiger charge is -2.05. The topological polar surface area (TPSA) is 62.1 Å². The second-order valence-corrected chi connectivity index (χ2v) is 4.84. The number of carbonyl (C=O) groups is 1. The van der Waals surface area contributed by atoms with Gasteiger partial charge in [0.2, 0.25) is 0 Å². The molecular weight excluding hydrogens is 288 g/mol. The van der Waals surface area contributed by atoms with Gasteiger partial charge in [-0.15, -0.1) is 0 Å². The third-order valence-corrected chi connectivity index (χ3v) is 3.16. The van der Waals surface area contributed by atoms with Crippen molar-refractivity contribution in [3.05, 3.63) is 71.3 Å². The van der Waals surface area contributed by atoms with Gasteiger partial charge in [0.25, 0.3) is 5.91 Å². The summed E-state index contributed by atoms with van der Waals surface area (Å²) < 4.78 is 5.36. The molecule has 0 aliphatic heterocycles. The van der Waals surface area contributed by atoms with Gasteiger partial charge in [0.15, 0.2) is 0 Å². The van der Waals surface area contributed by atoms with Gasteiger partial charge in [-0.1, -0.05) is 42.5 Å². The molecule has 4 nitrogen and oxygen atoms in total. The highest BCUT2D eigenvalue weighted by atomic mass is 16.5. The fourth-order valence-electron chi connectivity index (χ4n) is 2.02. The highest BCUT2D eigenvalue weighted by molar-refractivity contribution is 6.01. The molecule has 2 aromatic carbocycles. The van der Waals surface area contributed by atoms with Gasteiger partial charge in [-0.3, -0.25) is 4.79 Å². The SMILES string of the molecule is CCOc1ccc(C=C(C#N)C(=O)NCc2ccccc2)cc1. The van der Waals surface area contributed by atoms with Crippen molar-refractivity contribution in [2.24, 2.45) is 0 Å². The van der Waals surface area contributed by atoms with Crippen LogP contribution in [0.3, 0.4) is 0 Å². The van der Waals surface area contributed by atoms with Crippen LogP contribution in [0, 0.1) is 11.3 Å².